The number of rotatable bonds is 7. The summed E-state index contributed by atoms with van der Waals surface area (Å²) >= 11 is 3.41. The first-order chi connectivity index (χ1) is 12.9. The Morgan fingerprint density at radius 1 is 1.37 bits per heavy atom. The second kappa shape index (κ2) is 7.84. The number of nitrogens with one attached hydrogen (secondary N) is 2. The first-order valence-corrected chi connectivity index (χ1v) is 9.51. The SMILES string of the molecule is CCCCCC1(O)OC(=O)C(C(=O)NOC)=C1c1cc2ccc(Br)cc2[nH]1. The standard InChI is InChI=1S/C19H21BrN2O5/c1-3-4-5-8-19(25)16(15(18(24)27-19)17(23)22-26-2)14-9-11-6-7-12(20)10-13(11)21-14/h6-7,9-10,21,25H,3-5,8H2,1-2H3,(H,22,23). The number of H-pyrrole nitrogens is 1. The zero-order valence-corrected chi connectivity index (χ0v) is 16.7. The second-order valence-electron chi connectivity index (χ2n) is 6.43. The van der Waals surface area contributed by atoms with Crippen LogP contribution in [-0.4, -0.2) is 34.9 Å². The number of ether oxygens (including phenoxy) is 1. The summed E-state index contributed by atoms with van der Waals surface area (Å²) < 4.78 is 6.14. The molecule has 0 bridgehead atoms. The van der Waals surface area contributed by atoms with Gasteiger partial charge in [0.2, 0.25) is 5.79 Å². The molecule has 1 amide bonds. The fraction of sp³-hybridized carbons (Fsp3) is 0.368. The molecule has 1 aromatic carbocycles. The lowest BCUT2D eigenvalue weighted by molar-refractivity contribution is -0.178. The van der Waals surface area contributed by atoms with E-state index < -0.39 is 17.7 Å². The van der Waals surface area contributed by atoms with Crippen molar-refractivity contribution in [2.75, 3.05) is 7.11 Å². The van der Waals surface area contributed by atoms with E-state index in [1.54, 1.807) is 6.07 Å². The van der Waals surface area contributed by atoms with E-state index in [1.807, 2.05) is 25.1 Å². The molecule has 1 atom stereocenters. The van der Waals surface area contributed by atoms with Gasteiger partial charge in [0.25, 0.3) is 5.91 Å². The van der Waals surface area contributed by atoms with E-state index in [9.17, 15) is 14.7 Å². The van der Waals surface area contributed by atoms with Crippen molar-refractivity contribution in [2.24, 2.45) is 0 Å². The molecule has 2 aromatic rings. The zero-order valence-electron chi connectivity index (χ0n) is 15.1. The third kappa shape index (κ3) is 3.78. The lowest BCUT2D eigenvalue weighted by Gasteiger charge is -2.24. The Balaban J connectivity index is 2.13. The molecule has 1 aliphatic heterocycles. The van der Waals surface area contributed by atoms with Gasteiger partial charge in [-0.1, -0.05) is 41.8 Å². The average Bonchev–Trinajstić information content (AvgIpc) is 3.12. The van der Waals surface area contributed by atoms with Gasteiger partial charge in [0.15, 0.2) is 0 Å². The molecule has 1 unspecified atom stereocenters. The molecule has 3 N–H and O–H groups in total. The molecule has 1 aromatic heterocycles. The van der Waals surface area contributed by atoms with Crippen LogP contribution in [0.5, 0.6) is 0 Å². The highest BCUT2D eigenvalue weighted by Crippen LogP contribution is 2.42. The fourth-order valence-electron chi connectivity index (χ4n) is 3.27. The molecule has 0 radical (unpaired) electrons. The predicted octanol–water partition coefficient (Wildman–Crippen LogP) is 3.19. The van der Waals surface area contributed by atoms with Crippen LogP contribution < -0.4 is 5.48 Å². The summed E-state index contributed by atoms with van der Waals surface area (Å²) in [5.74, 6) is -3.51. The summed E-state index contributed by atoms with van der Waals surface area (Å²) in [4.78, 5) is 32.6. The lowest BCUT2D eigenvalue weighted by Crippen LogP contribution is -2.31. The van der Waals surface area contributed by atoms with Crippen molar-refractivity contribution >= 4 is 44.3 Å². The number of aromatic amines is 1. The van der Waals surface area contributed by atoms with Crippen LogP contribution in [0.4, 0.5) is 0 Å². The Labute approximate surface area is 164 Å². The van der Waals surface area contributed by atoms with Crippen LogP contribution in [0.25, 0.3) is 16.5 Å². The molecular weight excluding hydrogens is 416 g/mol. The van der Waals surface area contributed by atoms with E-state index in [1.165, 1.54) is 7.11 Å². The molecule has 0 aliphatic carbocycles. The van der Waals surface area contributed by atoms with Gasteiger partial charge >= 0.3 is 5.97 Å². The zero-order chi connectivity index (χ0) is 19.6. The van der Waals surface area contributed by atoms with Crippen LogP contribution in [0.1, 0.15) is 38.3 Å². The molecule has 27 heavy (non-hydrogen) atoms. The van der Waals surface area contributed by atoms with Gasteiger partial charge in [-0.3, -0.25) is 9.63 Å². The molecule has 0 saturated carbocycles. The van der Waals surface area contributed by atoms with E-state index in [4.69, 9.17) is 4.74 Å². The Morgan fingerprint density at radius 2 is 2.15 bits per heavy atom. The maximum absolute atomic E-state index is 12.4. The summed E-state index contributed by atoms with van der Waals surface area (Å²) in [5.41, 5.74) is 3.26. The van der Waals surface area contributed by atoms with Crippen molar-refractivity contribution in [1.82, 2.24) is 10.5 Å². The Kier molecular flexibility index (Phi) is 5.69. The monoisotopic (exact) mass is 436 g/mol. The summed E-state index contributed by atoms with van der Waals surface area (Å²) in [6.45, 7) is 2.04. The maximum atomic E-state index is 12.4. The number of halogens is 1. The van der Waals surface area contributed by atoms with Crippen LogP contribution in [0.2, 0.25) is 0 Å². The predicted molar refractivity (Wildman–Crippen MR) is 103 cm³/mol. The quantitative estimate of drug-likeness (QED) is 0.267. The van der Waals surface area contributed by atoms with Crippen molar-refractivity contribution in [3.05, 3.63) is 40.0 Å². The summed E-state index contributed by atoms with van der Waals surface area (Å²) in [6.07, 6.45) is 2.66. The largest absolute Gasteiger partial charge is 0.425 e. The van der Waals surface area contributed by atoms with Gasteiger partial charge in [-0.15, -0.1) is 0 Å². The van der Waals surface area contributed by atoms with Crippen LogP contribution in [0.15, 0.2) is 34.3 Å². The van der Waals surface area contributed by atoms with Gasteiger partial charge in [-0.05, 0) is 24.6 Å². The number of aliphatic hydroxyl groups is 1. The maximum Gasteiger partial charge on any atom is 0.347 e. The number of hydrogen-bond acceptors (Lipinski definition) is 5. The minimum Gasteiger partial charge on any atom is -0.425 e. The molecule has 2 heterocycles. The Hall–Kier alpha value is -2.16. The smallest absolute Gasteiger partial charge is 0.347 e. The summed E-state index contributed by atoms with van der Waals surface area (Å²) in [5, 5.41) is 12.0. The van der Waals surface area contributed by atoms with Gasteiger partial charge in [0.1, 0.15) is 5.57 Å². The van der Waals surface area contributed by atoms with Crippen LogP contribution >= 0.6 is 15.9 Å². The molecule has 0 saturated heterocycles. The van der Waals surface area contributed by atoms with E-state index in [2.05, 4.69) is 31.2 Å². The third-order valence-corrected chi connectivity index (χ3v) is 4.99. The number of fused-ring (bicyclic) bond motifs is 1. The molecule has 3 rings (SSSR count). The molecule has 0 spiro atoms. The number of carbonyl (C=O) groups is 2. The lowest BCUT2D eigenvalue weighted by atomic mass is 9.94. The van der Waals surface area contributed by atoms with E-state index in [0.717, 1.165) is 28.2 Å². The third-order valence-electron chi connectivity index (χ3n) is 4.50. The highest BCUT2D eigenvalue weighted by Gasteiger charge is 2.49. The van der Waals surface area contributed by atoms with Crippen molar-refractivity contribution in [1.29, 1.82) is 0 Å². The van der Waals surface area contributed by atoms with Gasteiger partial charge in [-0.25, -0.2) is 10.3 Å². The van der Waals surface area contributed by atoms with Crippen molar-refractivity contribution in [2.45, 2.75) is 38.4 Å². The number of unbranched alkanes of at least 4 members (excludes halogenated alkanes) is 2. The van der Waals surface area contributed by atoms with Crippen molar-refractivity contribution in [3.63, 3.8) is 0 Å². The van der Waals surface area contributed by atoms with E-state index >= 15 is 0 Å². The molecule has 8 heteroatoms. The van der Waals surface area contributed by atoms with Gasteiger partial charge in [0.05, 0.1) is 18.4 Å². The molecule has 0 fully saturated rings. The van der Waals surface area contributed by atoms with Gasteiger partial charge < -0.3 is 14.8 Å². The normalized spacial score (nSPS) is 19.6. The van der Waals surface area contributed by atoms with Crippen molar-refractivity contribution < 1.29 is 24.3 Å². The molecule has 144 valence electrons. The van der Waals surface area contributed by atoms with Crippen LogP contribution in [0, 0.1) is 0 Å². The van der Waals surface area contributed by atoms with Gasteiger partial charge in [-0.2, -0.15) is 0 Å². The van der Waals surface area contributed by atoms with E-state index in [0.29, 0.717) is 12.1 Å². The number of esters is 1. The first-order valence-electron chi connectivity index (χ1n) is 8.72. The molecule has 1 aliphatic rings. The Morgan fingerprint density at radius 3 is 2.85 bits per heavy atom. The highest BCUT2D eigenvalue weighted by molar-refractivity contribution is 9.10. The molecular formula is C19H21BrN2O5. The summed E-state index contributed by atoms with van der Waals surface area (Å²) in [6, 6.07) is 7.44. The number of amides is 1. The summed E-state index contributed by atoms with van der Waals surface area (Å²) in [7, 11) is 1.27. The number of cyclic esters (lactones) is 1. The minimum atomic E-state index is -1.87. The number of aromatic nitrogens is 1. The Bertz CT molecular complexity index is 920. The number of carbonyl (C=O) groups excluding carboxylic acids is 2. The topological polar surface area (TPSA) is 101 Å². The average molecular weight is 437 g/mol. The second-order valence-corrected chi connectivity index (χ2v) is 7.35. The minimum absolute atomic E-state index is 0.130. The van der Waals surface area contributed by atoms with Crippen molar-refractivity contribution in [3.8, 4) is 0 Å². The fourth-order valence-corrected chi connectivity index (χ4v) is 3.63. The molecule has 7 nitrogen and oxygen atoms in total. The van der Waals surface area contributed by atoms with Crippen LogP contribution in [0.3, 0.4) is 0 Å². The van der Waals surface area contributed by atoms with Crippen LogP contribution in [-0.2, 0) is 19.2 Å². The number of hydrogen-bond donors (Lipinski definition) is 3. The number of hydroxylamine groups is 1. The van der Waals surface area contributed by atoms with E-state index in [-0.39, 0.29) is 17.6 Å². The first kappa shape index (κ1) is 19.6. The van der Waals surface area contributed by atoms with Gasteiger partial charge in [0, 0.05) is 21.8 Å². The highest BCUT2D eigenvalue weighted by atomic mass is 79.9. The number of benzene rings is 1.